The van der Waals surface area contributed by atoms with Crippen LogP contribution in [0.1, 0.15) is 22.7 Å². The molecule has 8 heteroatoms. The van der Waals surface area contributed by atoms with E-state index in [9.17, 15) is 23.5 Å². The van der Waals surface area contributed by atoms with Crippen molar-refractivity contribution in [3.8, 4) is 5.75 Å². The second-order valence-corrected chi connectivity index (χ2v) is 7.94. The first-order valence-corrected chi connectivity index (χ1v) is 10.3. The fourth-order valence-electron chi connectivity index (χ4n) is 3.88. The molecule has 3 aromatic rings. The fraction of sp³-hybridized carbons (Fsp3) is 0.120. The van der Waals surface area contributed by atoms with Gasteiger partial charge in [0.2, 0.25) is 0 Å². The predicted octanol–water partition coefficient (Wildman–Crippen LogP) is 5.56. The third-order valence-electron chi connectivity index (χ3n) is 5.40. The highest BCUT2D eigenvalue weighted by atomic mass is 35.5. The van der Waals surface area contributed by atoms with Crippen LogP contribution in [0.2, 0.25) is 5.02 Å². The number of carbonyl (C=O) groups is 2. The Kier molecular flexibility index (Phi) is 5.91. The van der Waals surface area contributed by atoms with Crippen LogP contribution in [0.5, 0.6) is 5.75 Å². The van der Waals surface area contributed by atoms with Crippen molar-refractivity contribution in [3.63, 3.8) is 0 Å². The second kappa shape index (κ2) is 8.67. The van der Waals surface area contributed by atoms with Crippen LogP contribution >= 0.6 is 11.6 Å². The third-order valence-corrected chi connectivity index (χ3v) is 5.69. The number of anilines is 1. The summed E-state index contributed by atoms with van der Waals surface area (Å²) >= 11 is 6.17. The van der Waals surface area contributed by atoms with E-state index in [1.807, 2.05) is 13.0 Å². The van der Waals surface area contributed by atoms with Crippen molar-refractivity contribution >= 4 is 34.7 Å². The SMILES string of the molecule is COc1ccc(/C(O)=C2\C(=O)C(=O)N(c3cc(F)ccc3F)C2c2cccc(C)c2)cc1Cl. The molecule has 1 fully saturated rings. The molecule has 1 amide bonds. The van der Waals surface area contributed by atoms with E-state index >= 15 is 0 Å². The maximum absolute atomic E-state index is 14.7. The lowest BCUT2D eigenvalue weighted by molar-refractivity contribution is -0.132. The van der Waals surface area contributed by atoms with Gasteiger partial charge in [-0.1, -0.05) is 41.4 Å². The lowest BCUT2D eigenvalue weighted by atomic mass is 9.94. The molecule has 5 nitrogen and oxygen atoms in total. The minimum absolute atomic E-state index is 0.163. The quantitative estimate of drug-likeness (QED) is 0.308. The number of methoxy groups -OCH3 is 1. The molecule has 1 aliphatic rings. The zero-order chi connectivity index (χ0) is 23.9. The number of hydrogen-bond donors (Lipinski definition) is 1. The first kappa shape index (κ1) is 22.5. The summed E-state index contributed by atoms with van der Waals surface area (Å²) in [7, 11) is 1.43. The largest absolute Gasteiger partial charge is 0.507 e. The Morgan fingerprint density at radius 1 is 1.06 bits per heavy atom. The van der Waals surface area contributed by atoms with Gasteiger partial charge in [0.05, 0.1) is 29.4 Å². The highest BCUT2D eigenvalue weighted by Gasteiger charge is 2.47. The number of aliphatic hydroxyl groups is 1. The Bertz CT molecular complexity index is 1320. The first-order chi connectivity index (χ1) is 15.7. The zero-order valence-corrected chi connectivity index (χ0v) is 18.4. The number of ether oxygens (including phenoxy) is 1. The average molecular weight is 470 g/mol. The molecule has 1 atom stereocenters. The summed E-state index contributed by atoms with van der Waals surface area (Å²) in [6.45, 7) is 1.81. The van der Waals surface area contributed by atoms with Gasteiger partial charge in [-0.3, -0.25) is 14.5 Å². The standard InChI is InChI=1S/C25H18ClF2NO4/c1-13-4-3-5-14(10-13)22-21(23(30)15-6-9-20(33-2)17(26)11-15)24(31)25(32)29(22)19-12-16(27)7-8-18(19)28/h3-12,22,30H,1-2H3/b23-21+. The van der Waals surface area contributed by atoms with Crippen LogP contribution in [-0.2, 0) is 9.59 Å². The maximum Gasteiger partial charge on any atom is 0.300 e. The number of aliphatic hydroxyl groups excluding tert-OH is 1. The summed E-state index contributed by atoms with van der Waals surface area (Å²) < 4.78 is 33.8. The van der Waals surface area contributed by atoms with Gasteiger partial charge in [-0.15, -0.1) is 0 Å². The van der Waals surface area contributed by atoms with Gasteiger partial charge in [0.15, 0.2) is 0 Å². The van der Waals surface area contributed by atoms with Gasteiger partial charge in [0.1, 0.15) is 23.1 Å². The van der Waals surface area contributed by atoms with Crippen molar-refractivity contribution < 1.29 is 28.2 Å². The van der Waals surface area contributed by atoms with E-state index in [1.165, 1.54) is 25.3 Å². The molecule has 168 valence electrons. The maximum atomic E-state index is 14.7. The number of Topliss-reactive ketones (excluding diaryl/α,β-unsaturated/α-hetero) is 1. The topological polar surface area (TPSA) is 66.8 Å². The summed E-state index contributed by atoms with van der Waals surface area (Å²) in [4.78, 5) is 27.0. The van der Waals surface area contributed by atoms with E-state index in [1.54, 1.807) is 18.2 Å². The van der Waals surface area contributed by atoms with E-state index in [-0.39, 0.29) is 16.2 Å². The fourth-order valence-corrected chi connectivity index (χ4v) is 4.13. The number of amides is 1. The first-order valence-electron chi connectivity index (χ1n) is 9.89. The number of nitrogens with zero attached hydrogens (tertiary/aromatic N) is 1. The molecule has 0 bridgehead atoms. The van der Waals surface area contributed by atoms with Gasteiger partial charge in [0.25, 0.3) is 11.7 Å². The summed E-state index contributed by atoms with van der Waals surface area (Å²) in [5, 5.41) is 11.3. The number of carbonyl (C=O) groups excluding carboxylic acids is 2. The van der Waals surface area contributed by atoms with Gasteiger partial charge in [-0.05, 0) is 42.8 Å². The van der Waals surface area contributed by atoms with E-state index in [2.05, 4.69) is 0 Å². The molecule has 1 saturated heterocycles. The minimum atomic E-state index is -1.19. The molecule has 0 saturated carbocycles. The van der Waals surface area contributed by atoms with E-state index in [0.29, 0.717) is 11.3 Å². The van der Waals surface area contributed by atoms with Crippen molar-refractivity contribution in [1.29, 1.82) is 0 Å². The molecular weight excluding hydrogens is 452 g/mol. The van der Waals surface area contributed by atoms with Crippen LogP contribution in [0.4, 0.5) is 14.5 Å². The Labute approximate surface area is 193 Å². The smallest absolute Gasteiger partial charge is 0.300 e. The van der Waals surface area contributed by atoms with Crippen LogP contribution in [-0.4, -0.2) is 23.9 Å². The Hall–Kier alpha value is -3.71. The molecule has 3 aromatic carbocycles. The monoisotopic (exact) mass is 469 g/mol. The van der Waals surface area contributed by atoms with Crippen molar-refractivity contribution in [2.45, 2.75) is 13.0 Å². The molecule has 1 N–H and O–H groups in total. The van der Waals surface area contributed by atoms with Crippen molar-refractivity contribution in [2.24, 2.45) is 0 Å². The van der Waals surface area contributed by atoms with Crippen LogP contribution in [0.25, 0.3) is 5.76 Å². The highest BCUT2D eigenvalue weighted by Crippen LogP contribution is 2.43. The van der Waals surface area contributed by atoms with E-state index in [4.69, 9.17) is 16.3 Å². The van der Waals surface area contributed by atoms with Crippen molar-refractivity contribution in [2.75, 3.05) is 12.0 Å². The Morgan fingerprint density at radius 2 is 1.82 bits per heavy atom. The lowest BCUT2D eigenvalue weighted by Crippen LogP contribution is -2.30. The summed E-state index contributed by atoms with van der Waals surface area (Å²) in [5.74, 6) is -3.93. The molecule has 0 spiro atoms. The summed E-state index contributed by atoms with van der Waals surface area (Å²) in [6.07, 6.45) is 0. The Morgan fingerprint density at radius 3 is 2.48 bits per heavy atom. The number of benzene rings is 3. The van der Waals surface area contributed by atoms with Gasteiger partial charge in [-0.25, -0.2) is 8.78 Å². The molecule has 0 aliphatic carbocycles. The zero-order valence-electron chi connectivity index (χ0n) is 17.6. The molecule has 4 rings (SSSR count). The van der Waals surface area contributed by atoms with Crippen LogP contribution < -0.4 is 9.64 Å². The number of aryl methyl sites for hydroxylation is 1. The minimum Gasteiger partial charge on any atom is -0.507 e. The van der Waals surface area contributed by atoms with Gasteiger partial charge < -0.3 is 9.84 Å². The lowest BCUT2D eigenvalue weighted by Gasteiger charge is -2.26. The number of rotatable bonds is 4. The van der Waals surface area contributed by atoms with E-state index < -0.39 is 40.8 Å². The predicted molar refractivity (Wildman–Crippen MR) is 120 cm³/mol. The second-order valence-electron chi connectivity index (χ2n) is 7.53. The highest BCUT2D eigenvalue weighted by molar-refractivity contribution is 6.51. The average Bonchev–Trinajstić information content (AvgIpc) is 3.05. The van der Waals surface area contributed by atoms with Crippen LogP contribution in [0, 0.1) is 18.6 Å². The van der Waals surface area contributed by atoms with Gasteiger partial charge in [-0.2, -0.15) is 0 Å². The summed E-state index contributed by atoms with van der Waals surface area (Å²) in [5.41, 5.74) is 0.742. The van der Waals surface area contributed by atoms with Gasteiger partial charge in [0, 0.05) is 11.6 Å². The molecular formula is C25H18ClF2NO4. The molecule has 1 aliphatic heterocycles. The Balaban J connectivity index is 1.98. The molecule has 0 radical (unpaired) electrons. The molecule has 33 heavy (non-hydrogen) atoms. The summed E-state index contributed by atoms with van der Waals surface area (Å²) in [6, 6.07) is 12.7. The number of ketones is 1. The molecule has 1 heterocycles. The number of halogens is 3. The van der Waals surface area contributed by atoms with Crippen LogP contribution in [0.3, 0.4) is 0 Å². The van der Waals surface area contributed by atoms with Crippen molar-refractivity contribution in [1.82, 2.24) is 0 Å². The third kappa shape index (κ3) is 3.96. The van der Waals surface area contributed by atoms with E-state index in [0.717, 1.165) is 28.7 Å². The molecule has 1 unspecified atom stereocenters. The normalized spacial score (nSPS) is 17.5. The molecule has 0 aromatic heterocycles. The van der Waals surface area contributed by atoms with Gasteiger partial charge >= 0.3 is 0 Å². The van der Waals surface area contributed by atoms with Crippen molar-refractivity contribution in [3.05, 3.63) is 99.6 Å². The van der Waals surface area contributed by atoms with Crippen LogP contribution in [0.15, 0.2) is 66.2 Å². The number of hydrogen-bond acceptors (Lipinski definition) is 4.